The Kier molecular flexibility index (Phi) is 1.96. The number of aliphatic carboxylic acids is 1. The zero-order valence-electron chi connectivity index (χ0n) is 8.76. The number of carboxylic acid groups (broad SMARTS) is 1. The van der Waals surface area contributed by atoms with Crippen molar-refractivity contribution in [1.82, 2.24) is 9.38 Å². The summed E-state index contributed by atoms with van der Waals surface area (Å²) in [6.07, 6.45) is 4.07. The molecule has 16 heavy (non-hydrogen) atoms. The van der Waals surface area contributed by atoms with Crippen LogP contribution < -0.4 is 0 Å². The number of carbonyl (C=O) groups is 1. The van der Waals surface area contributed by atoms with Gasteiger partial charge in [0.2, 0.25) is 0 Å². The van der Waals surface area contributed by atoms with E-state index in [-0.39, 0.29) is 5.92 Å². The standard InChI is InChI=1S/C12H12N2O2/c15-12(16)8-4-5-10-9(7-8)13-11-3-1-2-6-14(10)11/h1-3,6,8H,4-5,7H2,(H,15,16). The second kappa shape index (κ2) is 3.33. The minimum atomic E-state index is -0.706. The average molecular weight is 216 g/mol. The first-order valence-electron chi connectivity index (χ1n) is 5.43. The molecule has 1 aliphatic rings. The molecule has 1 unspecified atom stereocenters. The van der Waals surface area contributed by atoms with Gasteiger partial charge in [0.15, 0.2) is 0 Å². The molecule has 3 rings (SSSR count). The van der Waals surface area contributed by atoms with Gasteiger partial charge in [0.05, 0.1) is 11.6 Å². The summed E-state index contributed by atoms with van der Waals surface area (Å²) in [5.41, 5.74) is 3.04. The molecule has 0 radical (unpaired) electrons. The lowest BCUT2D eigenvalue weighted by Gasteiger charge is -2.17. The quantitative estimate of drug-likeness (QED) is 0.786. The van der Waals surface area contributed by atoms with Crippen LogP contribution in [0.25, 0.3) is 5.65 Å². The highest BCUT2D eigenvalue weighted by Crippen LogP contribution is 2.26. The van der Waals surface area contributed by atoms with Gasteiger partial charge in [-0.1, -0.05) is 6.07 Å². The third kappa shape index (κ3) is 1.30. The van der Waals surface area contributed by atoms with Crippen molar-refractivity contribution < 1.29 is 9.90 Å². The number of pyridine rings is 1. The molecular formula is C12H12N2O2. The Morgan fingerprint density at radius 2 is 2.38 bits per heavy atom. The van der Waals surface area contributed by atoms with Crippen molar-refractivity contribution in [3.05, 3.63) is 35.8 Å². The maximum atomic E-state index is 10.9. The van der Waals surface area contributed by atoms with Crippen molar-refractivity contribution in [2.24, 2.45) is 5.92 Å². The van der Waals surface area contributed by atoms with Crippen molar-refractivity contribution in [3.8, 4) is 0 Å². The largest absolute Gasteiger partial charge is 0.481 e. The van der Waals surface area contributed by atoms with Gasteiger partial charge in [0, 0.05) is 18.3 Å². The summed E-state index contributed by atoms with van der Waals surface area (Å²) >= 11 is 0. The first-order chi connectivity index (χ1) is 7.75. The topological polar surface area (TPSA) is 54.6 Å². The zero-order valence-corrected chi connectivity index (χ0v) is 8.76. The minimum absolute atomic E-state index is 0.266. The van der Waals surface area contributed by atoms with E-state index in [0.29, 0.717) is 12.8 Å². The van der Waals surface area contributed by atoms with Gasteiger partial charge in [-0.3, -0.25) is 4.79 Å². The first kappa shape index (κ1) is 9.39. The van der Waals surface area contributed by atoms with E-state index in [4.69, 9.17) is 5.11 Å². The van der Waals surface area contributed by atoms with Gasteiger partial charge < -0.3 is 9.51 Å². The van der Waals surface area contributed by atoms with Crippen LogP contribution in [-0.4, -0.2) is 20.5 Å². The summed E-state index contributed by atoms with van der Waals surface area (Å²) in [4.78, 5) is 15.4. The van der Waals surface area contributed by atoms with Crippen LogP contribution in [0.2, 0.25) is 0 Å². The van der Waals surface area contributed by atoms with E-state index in [9.17, 15) is 4.79 Å². The normalized spacial score (nSPS) is 19.6. The lowest BCUT2D eigenvalue weighted by Crippen LogP contribution is -2.22. The van der Waals surface area contributed by atoms with Crippen molar-refractivity contribution in [3.63, 3.8) is 0 Å². The van der Waals surface area contributed by atoms with Gasteiger partial charge in [0.25, 0.3) is 0 Å². The number of hydrogen-bond donors (Lipinski definition) is 1. The summed E-state index contributed by atoms with van der Waals surface area (Å²) in [5.74, 6) is -0.972. The third-order valence-electron chi connectivity index (χ3n) is 3.23. The van der Waals surface area contributed by atoms with Crippen LogP contribution in [-0.2, 0) is 17.6 Å². The highest BCUT2D eigenvalue weighted by Gasteiger charge is 2.27. The molecule has 4 nitrogen and oxygen atoms in total. The fraction of sp³-hybridized carbons (Fsp3) is 0.333. The second-order valence-electron chi connectivity index (χ2n) is 4.21. The van der Waals surface area contributed by atoms with E-state index >= 15 is 0 Å². The smallest absolute Gasteiger partial charge is 0.306 e. The summed E-state index contributed by atoms with van der Waals surface area (Å²) < 4.78 is 2.06. The van der Waals surface area contributed by atoms with Crippen molar-refractivity contribution in [2.45, 2.75) is 19.3 Å². The molecule has 0 aliphatic heterocycles. The van der Waals surface area contributed by atoms with E-state index in [2.05, 4.69) is 9.38 Å². The van der Waals surface area contributed by atoms with Gasteiger partial charge in [0.1, 0.15) is 5.65 Å². The van der Waals surface area contributed by atoms with E-state index in [1.54, 1.807) is 0 Å². The number of aromatic nitrogens is 2. The third-order valence-corrected chi connectivity index (χ3v) is 3.23. The molecule has 0 spiro atoms. The van der Waals surface area contributed by atoms with Gasteiger partial charge >= 0.3 is 5.97 Å². The highest BCUT2D eigenvalue weighted by molar-refractivity contribution is 5.71. The Labute approximate surface area is 92.5 Å². The van der Waals surface area contributed by atoms with E-state index in [0.717, 1.165) is 17.8 Å². The molecule has 0 saturated carbocycles. The average Bonchev–Trinajstić information content (AvgIpc) is 2.66. The predicted octanol–water partition coefficient (Wildman–Crippen LogP) is 1.52. The van der Waals surface area contributed by atoms with Crippen molar-refractivity contribution in [1.29, 1.82) is 0 Å². The summed E-state index contributed by atoms with van der Waals surface area (Å²) in [6.45, 7) is 0. The van der Waals surface area contributed by atoms with Gasteiger partial charge in [-0.2, -0.15) is 0 Å². The lowest BCUT2D eigenvalue weighted by molar-refractivity contribution is -0.142. The molecule has 2 heterocycles. The molecule has 2 aromatic rings. The number of carboxylic acids is 1. The van der Waals surface area contributed by atoms with E-state index in [1.807, 2.05) is 24.4 Å². The molecule has 1 aliphatic carbocycles. The number of nitrogens with zero attached hydrogens (tertiary/aromatic N) is 2. The summed E-state index contributed by atoms with van der Waals surface area (Å²) in [5, 5.41) is 9.00. The van der Waals surface area contributed by atoms with Crippen LogP contribution in [0.5, 0.6) is 0 Å². The number of hydrogen-bond acceptors (Lipinski definition) is 2. The first-order valence-corrected chi connectivity index (χ1v) is 5.43. The molecule has 2 aromatic heterocycles. The summed E-state index contributed by atoms with van der Waals surface area (Å²) in [7, 11) is 0. The SMILES string of the molecule is O=C(O)C1CCc2c(nc3ccccn23)C1. The monoisotopic (exact) mass is 216 g/mol. The second-order valence-corrected chi connectivity index (χ2v) is 4.21. The molecule has 1 atom stereocenters. The predicted molar refractivity (Wildman–Crippen MR) is 58.3 cm³/mol. The van der Waals surface area contributed by atoms with Crippen LogP contribution in [0.1, 0.15) is 17.8 Å². The van der Waals surface area contributed by atoms with E-state index < -0.39 is 5.97 Å². The Bertz CT molecular complexity index is 559. The number of rotatable bonds is 1. The van der Waals surface area contributed by atoms with Gasteiger partial charge in [-0.05, 0) is 25.0 Å². The minimum Gasteiger partial charge on any atom is -0.481 e. The van der Waals surface area contributed by atoms with Gasteiger partial charge in [-0.15, -0.1) is 0 Å². The van der Waals surface area contributed by atoms with Crippen LogP contribution in [0.4, 0.5) is 0 Å². The summed E-state index contributed by atoms with van der Waals surface area (Å²) in [6, 6.07) is 5.87. The van der Waals surface area contributed by atoms with Crippen molar-refractivity contribution in [2.75, 3.05) is 0 Å². The fourth-order valence-electron chi connectivity index (χ4n) is 2.38. The van der Waals surface area contributed by atoms with Crippen LogP contribution >= 0.6 is 0 Å². The Morgan fingerprint density at radius 1 is 1.50 bits per heavy atom. The number of imidazole rings is 1. The molecule has 82 valence electrons. The Morgan fingerprint density at radius 3 is 3.19 bits per heavy atom. The molecule has 0 aromatic carbocycles. The fourth-order valence-corrected chi connectivity index (χ4v) is 2.38. The maximum absolute atomic E-state index is 10.9. The molecule has 1 N–H and O–H groups in total. The molecule has 0 saturated heterocycles. The number of aryl methyl sites for hydroxylation is 1. The lowest BCUT2D eigenvalue weighted by atomic mass is 9.90. The highest BCUT2D eigenvalue weighted by atomic mass is 16.4. The Balaban J connectivity index is 2.09. The van der Waals surface area contributed by atoms with Crippen LogP contribution in [0, 0.1) is 5.92 Å². The molecule has 0 fully saturated rings. The molecule has 4 heteroatoms. The zero-order chi connectivity index (χ0) is 11.1. The van der Waals surface area contributed by atoms with Gasteiger partial charge in [-0.25, -0.2) is 4.98 Å². The van der Waals surface area contributed by atoms with Crippen molar-refractivity contribution >= 4 is 11.6 Å². The van der Waals surface area contributed by atoms with Crippen LogP contribution in [0.3, 0.4) is 0 Å². The molecular weight excluding hydrogens is 204 g/mol. The van der Waals surface area contributed by atoms with E-state index in [1.165, 1.54) is 5.69 Å². The molecule has 0 amide bonds. The maximum Gasteiger partial charge on any atom is 0.306 e. The van der Waals surface area contributed by atoms with Crippen LogP contribution in [0.15, 0.2) is 24.4 Å². The Hall–Kier alpha value is -1.84. The molecule has 0 bridgehead atoms. The number of fused-ring (bicyclic) bond motifs is 3.